The van der Waals surface area contributed by atoms with Crippen LogP contribution >= 0.6 is 11.3 Å². The Kier molecular flexibility index (Phi) is 6.99. The molecule has 3 aromatic rings. The number of carbonyl (C=O) groups excluding carboxylic acids is 1. The molecule has 31 heavy (non-hydrogen) atoms. The zero-order chi connectivity index (χ0) is 21.6. The third-order valence-corrected chi connectivity index (χ3v) is 6.80. The number of thiazole rings is 1. The maximum atomic E-state index is 12.1. The lowest BCUT2D eigenvalue weighted by molar-refractivity contribution is -0.113. The highest BCUT2D eigenvalue weighted by molar-refractivity contribution is 7.13. The number of nitrogens with zero attached hydrogens (tertiary/aromatic N) is 2. The van der Waals surface area contributed by atoms with Gasteiger partial charge in [-0.2, -0.15) is 0 Å². The van der Waals surface area contributed by atoms with Crippen molar-refractivity contribution in [2.24, 2.45) is 0 Å². The molecule has 1 aliphatic rings. The molecule has 0 amide bonds. The summed E-state index contributed by atoms with van der Waals surface area (Å²) in [5.41, 5.74) is 3.30. The van der Waals surface area contributed by atoms with E-state index >= 15 is 0 Å². The molecule has 0 N–H and O–H groups in total. The fraction of sp³-hybridized carbons (Fsp3) is 0.360. The molecule has 0 spiro atoms. The van der Waals surface area contributed by atoms with Gasteiger partial charge in [-0.25, -0.2) is 4.98 Å². The Hall–Kier alpha value is -2.70. The Bertz CT molecular complexity index is 984. The van der Waals surface area contributed by atoms with Gasteiger partial charge < -0.3 is 14.3 Å². The van der Waals surface area contributed by atoms with Gasteiger partial charge in [0.2, 0.25) is 0 Å². The van der Waals surface area contributed by atoms with Gasteiger partial charge in [-0.05, 0) is 36.6 Å². The van der Waals surface area contributed by atoms with Crippen LogP contribution in [-0.2, 0) is 11.3 Å². The zero-order valence-corrected chi connectivity index (χ0v) is 18.8. The molecule has 0 saturated carbocycles. The summed E-state index contributed by atoms with van der Waals surface area (Å²) in [6, 6.07) is 14.2. The van der Waals surface area contributed by atoms with E-state index in [9.17, 15) is 4.79 Å². The maximum absolute atomic E-state index is 12.1. The molecule has 6 heteroatoms. The smallest absolute Gasteiger partial charge is 0.137 e. The molecule has 1 fully saturated rings. The summed E-state index contributed by atoms with van der Waals surface area (Å²) in [6.07, 6.45) is 6.84. The molecule has 4 rings (SSSR count). The number of hydrogen-bond donors (Lipinski definition) is 0. The molecule has 1 saturated heterocycles. The van der Waals surface area contributed by atoms with Crippen LogP contribution in [-0.4, -0.2) is 36.4 Å². The molecular weight excluding hydrogens is 408 g/mol. The van der Waals surface area contributed by atoms with Crippen LogP contribution in [0.2, 0.25) is 0 Å². The Morgan fingerprint density at radius 3 is 2.52 bits per heavy atom. The van der Waals surface area contributed by atoms with Crippen LogP contribution in [0.4, 0.5) is 0 Å². The Morgan fingerprint density at radius 1 is 1.10 bits per heavy atom. The van der Waals surface area contributed by atoms with Crippen LogP contribution in [0.3, 0.4) is 0 Å². The third-order valence-electron chi connectivity index (χ3n) is 5.98. The summed E-state index contributed by atoms with van der Waals surface area (Å²) in [6.45, 7) is 0.675. The van der Waals surface area contributed by atoms with Crippen LogP contribution in [0.5, 0.6) is 11.5 Å². The van der Waals surface area contributed by atoms with Crippen LogP contribution < -0.4 is 9.47 Å². The second-order valence-corrected chi connectivity index (χ2v) is 8.68. The van der Waals surface area contributed by atoms with Crippen LogP contribution in [0.15, 0.2) is 54.0 Å². The summed E-state index contributed by atoms with van der Waals surface area (Å²) in [4.78, 5) is 18.9. The monoisotopic (exact) mass is 436 g/mol. The van der Waals surface area contributed by atoms with E-state index in [2.05, 4.69) is 34.1 Å². The first-order valence-corrected chi connectivity index (χ1v) is 11.5. The standard InChI is InChI=1S/C25H28N2O3S/c1-29-22-11-6-12-23(30-2)24(22)21-10-4-3-9-20(17-28)27(21)16-18-7-5-8-19(15-18)25-26-13-14-31-25/h5-8,11-15,17,20-21H,3-4,9-10,16H2,1-2H3. The summed E-state index contributed by atoms with van der Waals surface area (Å²) < 4.78 is 11.4. The molecule has 2 heterocycles. The lowest BCUT2D eigenvalue weighted by Crippen LogP contribution is -2.38. The summed E-state index contributed by atoms with van der Waals surface area (Å²) in [7, 11) is 3.38. The molecule has 2 unspecified atom stereocenters. The van der Waals surface area contributed by atoms with E-state index in [0.717, 1.165) is 59.6 Å². The van der Waals surface area contributed by atoms with Gasteiger partial charge in [0.25, 0.3) is 0 Å². The quantitative estimate of drug-likeness (QED) is 0.457. The van der Waals surface area contributed by atoms with E-state index in [0.29, 0.717) is 6.54 Å². The molecule has 162 valence electrons. The van der Waals surface area contributed by atoms with Gasteiger partial charge in [-0.15, -0.1) is 11.3 Å². The number of methoxy groups -OCH3 is 2. The van der Waals surface area contributed by atoms with Crippen LogP contribution in [0, 0.1) is 0 Å². The van der Waals surface area contributed by atoms with E-state index in [1.54, 1.807) is 25.6 Å². The lowest BCUT2D eigenvalue weighted by atomic mass is 9.97. The number of ether oxygens (including phenoxy) is 2. The van der Waals surface area contributed by atoms with Crippen molar-refractivity contribution in [2.75, 3.05) is 14.2 Å². The van der Waals surface area contributed by atoms with Gasteiger partial charge in [0.05, 0.1) is 25.8 Å². The van der Waals surface area contributed by atoms with E-state index in [1.807, 2.05) is 29.8 Å². The SMILES string of the molecule is COc1cccc(OC)c1C1CCCCC(C=O)N1Cc1cccc(-c2nccs2)c1. The Labute approximate surface area is 187 Å². The zero-order valence-electron chi connectivity index (χ0n) is 18.0. The molecule has 2 atom stereocenters. The first-order chi connectivity index (χ1) is 15.2. The van der Waals surface area contributed by atoms with E-state index in [-0.39, 0.29) is 12.1 Å². The lowest BCUT2D eigenvalue weighted by Gasteiger charge is -2.35. The number of carbonyl (C=O) groups is 1. The van der Waals surface area contributed by atoms with Gasteiger partial charge in [0.15, 0.2) is 0 Å². The summed E-state index contributed by atoms with van der Waals surface area (Å²) in [5, 5.41) is 3.00. The average molecular weight is 437 g/mol. The minimum Gasteiger partial charge on any atom is -0.496 e. The number of rotatable bonds is 7. The fourth-order valence-electron chi connectivity index (χ4n) is 4.53. The Morgan fingerprint density at radius 2 is 1.84 bits per heavy atom. The van der Waals surface area contributed by atoms with Crippen molar-refractivity contribution in [3.63, 3.8) is 0 Å². The van der Waals surface area contributed by atoms with E-state index in [1.165, 1.54) is 5.56 Å². The van der Waals surface area contributed by atoms with Crippen LogP contribution in [0.1, 0.15) is 42.9 Å². The van der Waals surface area contributed by atoms with Crippen LogP contribution in [0.25, 0.3) is 10.6 Å². The predicted octanol–water partition coefficient (Wildman–Crippen LogP) is 5.51. The minimum absolute atomic E-state index is 0.0346. The molecule has 1 aromatic heterocycles. The summed E-state index contributed by atoms with van der Waals surface area (Å²) in [5.74, 6) is 1.61. The number of aromatic nitrogens is 1. The van der Waals surface area contributed by atoms with Crippen molar-refractivity contribution in [3.05, 3.63) is 65.2 Å². The number of benzene rings is 2. The van der Waals surface area contributed by atoms with Crippen molar-refractivity contribution < 1.29 is 14.3 Å². The van der Waals surface area contributed by atoms with E-state index < -0.39 is 0 Å². The third kappa shape index (κ3) is 4.65. The second kappa shape index (κ2) is 10.1. The van der Waals surface area contributed by atoms with Gasteiger partial charge >= 0.3 is 0 Å². The Balaban J connectivity index is 1.74. The van der Waals surface area contributed by atoms with Crippen molar-refractivity contribution in [2.45, 2.75) is 44.3 Å². The molecule has 5 nitrogen and oxygen atoms in total. The van der Waals surface area contributed by atoms with Crippen molar-refractivity contribution in [1.82, 2.24) is 9.88 Å². The second-order valence-electron chi connectivity index (χ2n) is 7.79. The van der Waals surface area contributed by atoms with Crippen molar-refractivity contribution in [1.29, 1.82) is 0 Å². The van der Waals surface area contributed by atoms with Gasteiger partial charge in [0, 0.05) is 29.7 Å². The molecule has 0 bridgehead atoms. The highest BCUT2D eigenvalue weighted by Crippen LogP contribution is 2.43. The van der Waals surface area contributed by atoms with Crippen molar-refractivity contribution >= 4 is 17.6 Å². The molecular formula is C25H28N2O3S. The highest BCUT2D eigenvalue weighted by Gasteiger charge is 2.33. The minimum atomic E-state index is -0.148. The molecule has 0 aliphatic carbocycles. The summed E-state index contributed by atoms with van der Waals surface area (Å²) >= 11 is 1.63. The van der Waals surface area contributed by atoms with Crippen molar-refractivity contribution in [3.8, 4) is 22.1 Å². The molecule has 2 aromatic carbocycles. The normalized spacial score (nSPS) is 19.5. The van der Waals surface area contributed by atoms with Gasteiger partial charge in [-0.1, -0.05) is 37.1 Å². The number of likely N-dealkylation sites (tertiary alicyclic amines) is 1. The fourth-order valence-corrected chi connectivity index (χ4v) is 5.16. The highest BCUT2D eigenvalue weighted by atomic mass is 32.1. The van der Waals surface area contributed by atoms with Gasteiger partial charge in [0.1, 0.15) is 22.8 Å². The molecule has 0 radical (unpaired) electrons. The van der Waals surface area contributed by atoms with Gasteiger partial charge in [-0.3, -0.25) is 4.90 Å². The first kappa shape index (κ1) is 21.5. The predicted molar refractivity (Wildman–Crippen MR) is 124 cm³/mol. The largest absolute Gasteiger partial charge is 0.496 e. The molecule has 1 aliphatic heterocycles. The number of aldehydes is 1. The topological polar surface area (TPSA) is 51.7 Å². The van der Waals surface area contributed by atoms with E-state index in [4.69, 9.17) is 9.47 Å². The first-order valence-electron chi connectivity index (χ1n) is 10.7. The maximum Gasteiger partial charge on any atom is 0.137 e. The average Bonchev–Trinajstić information content (AvgIpc) is 3.28. The number of hydrogen-bond acceptors (Lipinski definition) is 6.